The lowest BCUT2D eigenvalue weighted by Crippen LogP contribution is -2.19. The van der Waals surface area contributed by atoms with E-state index in [2.05, 4.69) is 47.3 Å². The molecule has 0 aliphatic heterocycles. The molecule has 0 atom stereocenters. The number of esters is 1. The predicted octanol–water partition coefficient (Wildman–Crippen LogP) is 4.34. The van der Waals surface area contributed by atoms with E-state index in [1.165, 1.54) is 38.2 Å². The van der Waals surface area contributed by atoms with Gasteiger partial charge in [0.1, 0.15) is 19.4 Å². The van der Waals surface area contributed by atoms with Gasteiger partial charge >= 0.3 is 5.97 Å². The summed E-state index contributed by atoms with van der Waals surface area (Å²) in [7, 11) is 2.67. The summed E-state index contributed by atoms with van der Waals surface area (Å²) in [6, 6.07) is 13.6. The molecule has 1 aliphatic rings. The summed E-state index contributed by atoms with van der Waals surface area (Å²) < 4.78 is 4.79. The lowest BCUT2D eigenvalue weighted by molar-refractivity contribution is -0.132. The predicted molar refractivity (Wildman–Crippen MR) is 120 cm³/mol. The average Bonchev–Trinajstić information content (AvgIpc) is 3.62. The molecule has 0 N–H and O–H groups in total. The Labute approximate surface area is 182 Å². The molecule has 0 bridgehead atoms. The fourth-order valence-corrected chi connectivity index (χ4v) is 3.17. The number of carbonyl (C=O) groups is 1. The lowest BCUT2D eigenvalue weighted by atomic mass is 10.0. The van der Waals surface area contributed by atoms with Crippen molar-refractivity contribution in [2.45, 2.75) is 39.2 Å². The molecule has 0 heterocycles. The van der Waals surface area contributed by atoms with Crippen LogP contribution in [0.1, 0.15) is 53.5 Å². The molecule has 1 saturated carbocycles. The van der Waals surface area contributed by atoms with E-state index in [0.29, 0.717) is 17.2 Å². The van der Waals surface area contributed by atoms with Crippen LogP contribution < -0.4 is 0 Å². The van der Waals surface area contributed by atoms with Crippen LogP contribution in [0.2, 0.25) is 0 Å². The quantitative estimate of drug-likeness (QED) is 0.290. The largest absolute Gasteiger partial charge is 0.464 e. The van der Waals surface area contributed by atoms with E-state index in [1.807, 2.05) is 12.1 Å². The van der Waals surface area contributed by atoms with Crippen molar-refractivity contribution in [1.82, 2.24) is 0 Å². The van der Waals surface area contributed by atoms with Gasteiger partial charge in [0.2, 0.25) is 0 Å². The lowest BCUT2D eigenvalue weighted by Gasteiger charge is -2.09. The van der Waals surface area contributed by atoms with Crippen LogP contribution in [-0.4, -0.2) is 31.6 Å². The first-order chi connectivity index (χ1) is 15.0. The van der Waals surface area contributed by atoms with Crippen molar-refractivity contribution in [3.05, 3.63) is 70.3 Å². The van der Waals surface area contributed by atoms with Crippen LogP contribution in [0.3, 0.4) is 0 Å². The first-order valence-corrected chi connectivity index (χ1v) is 10.1. The Morgan fingerprint density at radius 3 is 2.61 bits per heavy atom. The van der Waals surface area contributed by atoms with E-state index in [9.17, 15) is 4.79 Å². The number of ether oxygens (including phenoxy) is 1. The number of oxime groups is 2. The van der Waals surface area contributed by atoms with Crippen molar-refractivity contribution in [3.8, 4) is 11.8 Å². The van der Waals surface area contributed by atoms with Gasteiger partial charge in [-0.05, 0) is 50.2 Å². The van der Waals surface area contributed by atoms with E-state index >= 15 is 0 Å². The zero-order valence-corrected chi connectivity index (χ0v) is 18.3. The van der Waals surface area contributed by atoms with Gasteiger partial charge in [-0.25, -0.2) is 4.79 Å². The second-order valence-electron chi connectivity index (χ2n) is 7.34. The van der Waals surface area contributed by atoms with Crippen molar-refractivity contribution in [3.63, 3.8) is 0 Å². The van der Waals surface area contributed by atoms with Gasteiger partial charge in [0.15, 0.2) is 5.71 Å². The molecule has 160 valence electrons. The number of nitrogens with zero attached hydrogens (tertiary/aromatic N) is 2. The number of aryl methyl sites for hydroxylation is 1. The first-order valence-electron chi connectivity index (χ1n) is 10.1. The monoisotopic (exact) mass is 418 g/mol. The number of hydrogen-bond donors (Lipinski definition) is 0. The van der Waals surface area contributed by atoms with Gasteiger partial charge in [-0.2, -0.15) is 0 Å². The minimum Gasteiger partial charge on any atom is -0.464 e. The number of rotatable bonds is 7. The van der Waals surface area contributed by atoms with Gasteiger partial charge in [0, 0.05) is 16.7 Å². The summed E-state index contributed by atoms with van der Waals surface area (Å²) >= 11 is 0. The molecular formula is C25H26N2O4. The van der Waals surface area contributed by atoms with Crippen molar-refractivity contribution in [2.75, 3.05) is 14.2 Å². The topological polar surface area (TPSA) is 69.5 Å². The highest BCUT2D eigenvalue weighted by atomic mass is 16.6. The molecule has 1 aliphatic carbocycles. The third-order valence-electron chi connectivity index (χ3n) is 4.86. The Morgan fingerprint density at radius 2 is 1.90 bits per heavy atom. The third-order valence-corrected chi connectivity index (χ3v) is 4.86. The zero-order valence-electron chi connectivity index (χ0n) is 18.3. The first kappa shape index (κ1) is 22.1. The van der Waals surface area contributed by atoms with Crippen LogP contribution in [0, 0.1) is 18.8 Å². The molecule has 0 radical (unpaired) electrons. The highest BCUT2D eigenvalue weighted by Gasteiger charge is 2.25. The van der Waals surface area contributed by atoms with Crippen LogP contribution in [0.25, 0.3) is 0 Å². The van der Waals surface area contributed by atoms with Crippen molar-refractivity contribution < 1.29 is 19.2 Å². The normalized spacial score (nSPS) is 13.8. The van der Waals surface area contributed by atoms with Crippen LogP contribution in [0.15, 0.2) is 52.8 Å². The fourth-order valence-electron chi connectivity index (χ4n) is 3.17. The van der Waals surface area contributed by atoms with E-state index in [-0.39, 0.29) is 12.3 Å². The Hall–Kier alpha value is -3.59. The Balaban J connectivity index is 1.72. The van der Waals surface area contributed by atoms with E-state index in [1.54, 1.807) is 19.1 Å². The molecule has 2 aromatic rings. The van der Waals surface area contributed by atoms with Crippen molar-refractivity contribution in [1.29, 1.82) is 0 Å². The van der Waals surface area contributed by atoms with Gasteiger partial charge in [-0.1, -0.05) is 58.2 Å². The maximum absolute atomic E-state index is 12.0. The summed E-state index contributed by atoms with van der Waals surface area (Å²) in [5, 5.41) is 7.90. The van der Waals surface area contributed by atoms with Crippen LogP contribution >= 0.6 is 0 Å². The Morgan fingerprint density at radius 1 is 1.13 bits per heavy atom. The SMILES string of the molecule is CO/N=C(/C(=O)OC)c1ccccc1CO/N=C(\C)C#Cc1ccc(C)cc1C1CC1. The third kappa shape index (κ3) is 5.95. The molecule has 31 heavy (non-hydrogen) atoms. The highest BCUT2D eigenvalue weighted by molar-refractivity contribution is 6.43. The van der Waals surface area contributed by atoms with Crippen molar-refractivity contribution >= 4 is 17.4 Å². The summed E-state index contributed by atoms with van der Waals surface area (Å²) in [6.07, 6.45) is 2.46. The van der Waals surface area contributed by atoms with E-state index in [4.69, 9.17) is 14.4 Å². The fraction of sp³-hybridized carbons (Fsp3) is 0.320. The number of methoxy groups -OCH3 is 1. The van der Waals surface area contributed by atoms with Gasteiger partial charge in [-0.15, -0.1) is 0 Å². The number of hydrogen-bond acceptors (Lipinski definition) is 6. The maximum Gasteiger partial charge on any atom is 0.360 e. The smallest absolute Gasteiger partial charge is 0.360 e. The molecular weight excluding hydrogens is 392 g/mol. The van der Waals surface area contributed by atoms with Gasteiger partial charge in [0.25, 0.3) is 0 Å². The Kier molecular flexibility index (Phi) is 7.45. The second kappa shape index (κ2) is 10.4. The van der Waals surface area contributed by atoms with Crippen LogP contribution in [0.4, 0.5) is 0 Å². The van der Waals surface area contributed by atoms with Crippen molar-refractivity contribution in [2.24, 2.45) is 10.3 Å². The van der Waals surface area contributed by atoms with Crippen LogP contribution in [0.5, 0.6) is 0 Å². The molecule has 0 aromatic heterocycles. The van der Waals surface area contributed by atoms with Crippen LogP contribution in [-0.2, 0) is 25.8 Å². The molecule has 1 fully saturated rings. The molecule has 0 spiro atoms. The van der Waals surface area contributed by atoms with E-state index < -0.39 is 5.97 Å². The van der Waals surface area contributed by atoms with Gasteiger partial charge in [0.05, 0.1) is 7.11 Å². The highest BCUT2D eigenvalue weighted by Crippen LogP contribution is 2.41. The molecule has 0 saturated heterocycles. The summed E-state index contributed by atoms with van der Waals surface area (Å²) in [4.78, 5) is 22.3. The molecule has 6 heteroatoms. The van der Waals surface area contributed by atoms with Gasteiger partial charge < -0.3 is 14.4 Å². The number of benzene rings is 2. The standard InChI is InChI=1S/C25H26N2O4/c1-17-9-11-19(23(15-17)20-13-14-20)12-10-18(2)26-31-16-21-7-5-6-8-22(21)24(27-30-4)25(28)29-3/h5-9,11,15,20H,13-14,16H2,1-4H3/b26-18+,27-24+. The Bertz CT molecular complexity index is 1070. The second-order valence-corrected chi connectivity index (χ2v) is 7.34. The zero-order chi connectivity index (χ0) is 22.2. The maximum atomic E-state index is 12.0. The van der Waals surface area contributed by atoms with Gasteiger partial charge in [-0.3, -0.25) is 0 Å². The molecule has 3 rings (SSSR count). The molecule has 0 amide bonds. The minimum absolute atomic E-state index is 0.0664. The van der Waals surface area contributed by atoms with E-state index in [0.717, 1.165) is 11.1 Å². The molecule has 0 unspecified atom stereocenters. The summed E-state index contributed by atoms with van der Waals surface area (Å²) in [5.74, 6) is 6.33. The summed E-state index contributed by atoms with van der Waals surface area (Å²) in [5.41, 5.74) is 5.54. The number of carbonyl (C=O) groups excluding carboxylic acids is 1. The molecule has 2 aromatic carbocycles. The average molecular weight is 418 g/mol. The summed E-state index contributed by atoms with van der Waals surface area (Å²) in [6.45, 7) is 4.05. The molecule has 6 nitrogen and oxygen atoms in total. The minimum atomic E-state index is -0.593.